The molecule has 0 aromatic carbocycles. The molecule has 2 rings (SSSR count). The van der Waals surface area contributed by atoms with Crippen LogP contribution in [0.3, 0.4) is 0 Å². The van der Waals surface area contributed by atoms with Crippen LogP contribution in [0.2, 0.25) is 0 Å². The molecule has 5 nitrogen and oxygen atoms in total. The number of hydrogen-bond donors (Lipinski definition) is 1. The fourth-order valence-corrected chi connectivity index (χ4v) is 1.82. The maximum atomic E-state index is 11.8. The molecule has 88 valence electrons. The number of aromatic nitrogens is 2. The average Bonchev–Trinajstić information content (AvgIpc) is 2.72. The summed E-state index contributed by atoms with van der Waals surface area (Å²) in [6.45, 7) is 1.98. The number of anilines is 1. The molecule has 2 N–H and O–H groups in total. The lowest BCUT2D eigenvalue weighted by Crippen LogP contribution is -2.27. The Hall–Kier alpha value is -2.17. The molecule has 0 saturated carbocycles. The summed E-state index contributed by atoms with van der Waals surface area (Å²) in [7, 11) is 0. The van der Waals surface area contributed by atoms with Crippen LogP contribution >= 0.6 is 0 Å². The smallest absolute Gasteiger partial charge is 0.277 e. The highest BCUT2D eigenvalue weighted by Crippen LogP contribution is 2.25. The number of nitrogen functional groups attached to an aromatic ring is 1. The highest BCUT2D eigenvalue weighted by atomic mass is 16.1. The van der Waals surface area contributed by atoms with Crippen molar-refractivity contribution in [2.75, 3.05) is 5.73 Å². The lowest BCUT2D eigenvalue weighted by atomic mass is 10.1. The number of rotatable bonds is 3. The number of nitrogens with zero attached hydrogens (tertiary/aromatic N) is 2. The van der Waals surface area contributed by atoms with Gasteiger partial charge in [0.05, 0.1) is 12.7 Å². The highest BCUT2D eigenvalue weighted by Gasteiger charge is 2.14. The largest absolute Gasteiger partial charge is 0.393 e. The lowest BCUT2D eigenvalue weighted by Gasteiger charge is -2.10. The van der Waals surface area contributed by atoms with Crippen molar-refractivity contribution in [3.05, 3.63) is 40.1 Å². The fraction of sp³-hybridized carbons (Fsp3) is 0.250. The predicted octanol–water partition coefficient (Wildman–Crippen LogP) is 0.758. The van der Waals surface area contributed by atoms with E-state index in [2.05, 4.69) is 4.98 Å². The quantitative estimate of drug-likeness (QED) is 0.779. The summed E-state index contributed by atoms with van der Waals surface area (Å²) in [5.74, 6) is 0.518. The Balaban J connectivity index is 2.51. The Kier molecular flexibility index (Phi) is 2.91. The minimum Gasteiger partial charge on any atom is -0.393 e. The first-order chi connectivity index (χ1) is 8.13. The van der Waals surface area contributed by atoms with Crippen molar-refractivity contribution in [2.45, 2.75) is 19.9 Å². The van der Waals surface area contributed by atoms with Crippen LogP contribution in [0, 0.1) is 0 Å². The van der Waals surface area contributed by atoms with Crippen LogP contribution in [0.1, 0.15) is 19.2 Å². The van der Waals surface area contributed by atoms with Crippen LogP contribution in [-0.4, -0.2) is 15.8 Å². The molecule has 1 aromatic rings. The molecule has 0 amide bonds. The number of nitrogens with two attached hydrogens (primary N) is 1. The zero-order chi connectivity index (χ0) is 12.4. The lowest BCUT2D eigenvalue weighted by molar-refractivity contribution is -0.108. The van der Waals surface area contributed by atoms with Gasteiger partial charge in [0.15, 0.2) is 0 Å². The minimum atomic E-state index is -0.368. The van der Waals surface area contributed by atoms with Gasteiger partial charge in [-0.25, -0.2) is 4.98 Å². The molecule has 0 atom stereocenters. The Morgan fingerprint density at radius 3 is 2.88 bits per heavy atom. The van der Waals surface area contributed by atoms with Crippen molar-refractivity contribution in [3.63, 3.8) is 0 Å². The van der Waals surface area contributed by atoms with Crippen molar-refractivity contribution in [1.82, 2.24) is 9.55 Å². The summed E-state index contributed by atoms with van der Waals surface area (Å²) < 4.78 is 1.31. The van der Waals surface area contributed by atoms with Crippen LogP contribution in [0.15, 0.2) is 28.7 Å². The van der Waals surface area contributed by atoms with E-state index in [0.29, 0.717) is 12.1 Å². The molecule has 0 radical (unpaired) electrons. The van der Waals surface area contributed by atoms with Gasteiger partial charge in [-0.3, -0.25) is 9.36 Å². The van der Waals surface area contributed by atoms with Gasteiger partial charge in [-0.15, -0.1) is 0 Å². The summed E-state index contributed by atoms with van der Waals surface area (Å²) >= 11 is 0. The van der Waals surface area contributed by atoms with Gasteiger partial charge in [-0.05, 0) is 18.9 Å². The Labute approximate surface area is 98.3 Å². The summed E-state index contributed by atoms with van der Waals surface area (Å²) in [5, 5.41) is 0. The first-order valence-electron chi connectivity index (χ1n) is 5.29. The molecule has 0 unspecified atom stereocenters. The number of carbonyl (C=O) groups excluding carboxylic acids is 1. The molecule has 0 saturated heterocycles. The topological polar surface area (TPSA) is 78.0 Å². The van der Waals surface area contributed by atoms with Crippen LogP contribution in [0.5, 0.6) is 0 Å². The Bertz CT molecular complexity index is 582. The van der Waals surface area contributed by atoms with Crippen LogP contribution < -0.4 is 11.3 Å². The first kappa shape index (κ1) is 11.3. The van der Waals surface area contributed by atoms with E-state index in [1.165, 1.54) is 16.3 Å². The van der Waals surface area contributed by atoms with Crippen molar-refractivity contribution >= 4 is 17.5 Å². The second-order valence-electron chi connectivity index (χ2n) is 4.00. The van der Waals surface area contributed by atoms with Crippen molar-refractivity contribution < 1.29 is 4.79 Å². The third-order valence-electron chi connectivity index (χ3n) is 2.66. The van der Waals surface area contributed by atoms with E-state index in [-0.39, 0.29) is 17.8 Å². The van der Waals surface area contributed by atoms with Crippen LogP contribution in [-0.2, 0) is 11.3 Å². The number of aldehydes is 1. The van der Waals surface area contributed by atoms with Crippen molar-refractivity contribution in [3.8, 4) is 0 Å². The van der Waals surface area contributed by atoms with Crippen molar-refractivity contribution in [2.24, 2.45) is 0 Å². The Morgan fingerprint density at radius 2 is 2.29 bits per heavy atom. The molecule has 1 aliphatic carbocycles. The summed E-state index contributed by atoms with van der Waals surface area (Å²) in [6, 6.07) is 0. The standard InChI is InChI=1S/C12H13N3O2/c1-8-2-3-9(6-8)11-14-7-10(13)12(17)15(11)4-5-16/h2-3,5,7H,4,6,13H2,1H3. The summed E-state index contributed by atoms with van der Waals surface area (Å²) in [4.78, 5) is 26.6. The van der Waals surface area contributed by atoms with Gasteiger partial charge < -0.3 is 10.5 Å². The van der Waals surface area contributed by atoms with E-state index in [4.69, 9.17) is 5.73 Å². The SMILES string of the molecule is CC1=CC=C(c2ncc(N)c(=O)n2CC=O)C1. The van der Waals surface area contributed by atoms with Gasteiger partial charge in [0.25, 0.3) is 5.56 Å². The second-order valence-corrected chi connectivity index (χ2v) is 4.00. The van der Waals surface area contributed by atoms with E-state index in [1.807, 2.05) is 19.1 Å². The van der Waals surface area contributed by atoms with Crippen molar-refractivity contribution in [1.29, 1.82) is 0 Å². The van der Waals surface area contributed by atoms with Crippen LogP contribution in [0.4, 0.5) is 5.69 Å². The number of carbonyl (C=O) groups is 1. The zero-order valence-electron chi connectivity index (χ0n) is 9.51. The minimum absolute atomic E-state index is 0.0252. The van der Waals surface area contributed by atoms with Gasteiger partial charge in [0, 0.05) is 0 Å². The van der Waals surface area contributed by atoms with Gasteiger partial charge in [-0.1, -0.05) is 17.7 Å². The molecule has 0 bridgehead atoms. The maximum absolute atomic E-state index is 11.8. The molecule has 1 aliphatic rings. The van der Waals surface area contributed by atoms with Gasteiger partial charge in [-0.2, -0.15) is 0 Å². The molecule has 0 spiro atoms. The zero-order valence-corrected chi connectivity index (χ0v) is 9.51. The third-order valence-corrected chi connectivity index (χ3v) is 2.66. The van der Waals surface area contributed by atoms with E-state index < -0.39 is 0 Å². The fourth-order valence-electron chi connectivity index (χ4n) is 1.82. The van der Waals surface area contributed by atoms with E-state index in [0.717, 1.165) is 12.0 Å². The second kappa shape index (κ2) is 4.37. The molecule has 0 aliphatic heterocycles. The molecule has 1 aromatic heterocycles. The normalized spacial score (nSPS) is 14.4. The molecular weight excluding hydrogens is 218 g/mol. The van der Waals surface area contributed by atoms with Gasteiger partial charge in [0.2, 0.25) is 0 Å². The van der Waals surface area contributed by atoms with E-state index in [1.54, 1.807) is 0 Å². The average molecular weight is 231 g/mol. The molecule has 1 heterocycles. The predicted molar refractivity (Wildman–Crippen MR) is 65.3 cm³/mol. The molecular formula is C12H13N3O2. The molecule has 17 heavy (non-hydrogen) atoms. The number of allylic oxidation sites excluding steroid dienone is 4. The van der Waals surface area contributed by atoms with Gasteiger partial charge in [0.1, 0.15) is 17.8 Å². The van der Waals surface area contributed by atoms with Gasteiger partial charge >= 0.3 is 0 Å². The van der Waals surface area contributed by atoms with E-state index >= 15 is 0 Å². The monoisotopic (exact) mass is 231 g/mol. The van der Waals surface area contributed by atoms with Crippen LogP contribution in [0.25, 0.3) is 5.57 Å². The number of hydrogen-bond acceptors (Lipinski definition) is 4. The highest BCUT2D eigenvalue weighted by molar-refractivity contribution is 5.69. The Morgan fingerprint density at radius 1 is 1.53 bits per heavy atom. The third kappa shape index (κ3) is 2.04. The molecule has 5 heteroatoms. The maximum Gasteiger partial charge on any atom is 0.277 e. The molecule has 0 fully saturated rings. The summed E-state index contributed by atoms with van der Waals surface area (Å²) in [6.07, 6.45) is 6.64. The first-order valence-corrected chi connectivity index (χ1v) is 5.29. The summed E-state index contributed by atoms with van der Waals surface area (Å²) in [5.41, 5.74) is 7.32. The van der Waals surface area contributed by atoms with E-state index in [9.17, 15) is 9.59 Å².